The van der Waals surface area contributed by atoms with Crippen molar-refractivity contribution in [3.05, 3.63) is 35.3 Å². The van der Waals surface area contributed by atoms with Crippen LogP contribution in [0.1, 0.15) is 69.4 Å². The molecular formula is C24H33N5O2. The van der Waals surface area contributed by atoms with Crippen molar-refractivity contribution in [1.29, 1.82) is 0 Å². The van der Waals surface area contributed by atoms with Crippen LogP contribution in [0.25, 0.3) is 22.4 Å². The highest BCUT2D eigenvalue weighted by molar-refractivity contribution is 5.81. The number of fused-ring (bicyclic) bond motifs is 1. The summed E-state index contributed by atoms with van der Waals surface area (Å²) in [6.07, 6.45) is 3.44. The van der Waals surface area contributed by atoms with Crippen molar-refractivity contribution < 1.29 is 9.53 Å². The number of ether oxygens (including phenoxy) is 1. The SMILES string of the molecule is CCC(=O)NCC(CC)n1cc(C)c2nc(-c3ccc(C(C)C)nc3OC)c(C)nc21. The number of rotatable bonds is 8. The van der Waals surface area contributed by atoms with Crippen LogP contribution in [0.4, 0.5) is 0 Å². The molecule has 7 heteroatoms. The van der Waals surface area contributed by atoms with Gasteiger partial charge in [-0.1, -0.05) is 27.7 Å². The van der Waals surface area contributed by atoms with Crippen LogP contribution >= 0.6 is 0 Å². The number of nitrogens with zero attached hydrogens (tertiary/aromatic N) is 4. The van der Waals surface area contributed by atoms with E-state index in [-0.39, 0.29) is 11.9 Å². The molecule has 0 saturated carbocycles. The average Bonchev–Trinajstić information content (AvgIpc) is 3.08. The molecule has 0 aliphatic carbocycles. The average molecular weight is 424 g/mol. The molecule has 3 aromatic heterocycles. The zero-order chi connectivity index (χ0) is 22.7. The highest BCUT2D eigenvalue weighted by atomic mass is 16.5. The minimum Gasteiger partial charge on any atom is -0.480 e. The zero-order valence-electron chi connectivity index (χ0n) is 19.6. The second-order valence-corrected chi connectivity index (χ2v) is 8.22. The van der Waals surface area contributed by atoms with Crippen LogP contribution in [-0.2, 0) is 4.79 Å². The van der Waals surface area contributed by atoms with Crippen LogP contribution in [0.5, 0.6) is 5.88 Å². The van der Waals surface area contributed by atoms with Crippen molar-refractivity contribution >= 4 is 17.1 Å². The number of carbonyl (C=O) groups excluding carboxylic acids is 1. The van der Waals surface area contributed by atoms with Crippen molar-refractivity contribution in [3.63, 3.8) is 0 Å². The molecule has 1 unspecified atom stereocenters. The molecule has 7 nitrogen and oxygen atoms in total. The second-order valence-electron chi connectivity index (χ2n) is 8.22. The number of hydrogen-bond acceptors (Lipinski definition) is 5. The summed E-state index contributed by atoms with van der Waals surface area (Å²) in [5.41, 5.74) is 6.16. The molecule has 0 spiro atoms. The molecule has 0 aromatic carbocycles. The number of pyridine rings is 1. The van der Waals surface area contributed by atoms with Gasteiger partial charge in [-0.25, -0.2) is 15.0 Å². The number of methoxy groups -OCH3 is 1. The number of nitrogens with one attached hydrogen (secondary N) is 1. The minimum atomic E-state index is 0.0561. The standard InChI is InChI=1S/C24H33N5O2/c1-8-17(12-25-20(30)9-2)29-13-15(5)21-23(29)26-16(6)22(28-21)18-10-11-19(14(3)4)27-24(18)31-7/h10-11,13-14,17H,8-9,12H2,1-7H3,(H,25,30). The Morgan fingerprint density at radius 3 is 2.52 bits per heavy atom. The van der Waals surface area contributed by atoms with E-state index in [0.717, 1.165) is 45.8 Å². The highest BCUT2D eigenvalue weighted by Gasteiger charge is 2.20. The van der Waals surface area contributed by atoms with Crippen molar-refractivity contribution in [2.45, 2.75) is 66.3 Å². The van der Waals surface area contributed by atoms with Crippen molar-refractivity contribution in [2.75, 3.05) is 13.7 Å². The molecule has 0 radical (unpaired) electrons. The molecule has 0 aliphatic heterocycles. The molecule has 31 heavy (non-hydrogen) atoms. The maximum atomic E-state index is 11.7. The van der Waals surface area contributed by atoms with Gasteiger partial charge in [0.05, 0.1) is 30.1 Å². The molecule has 0 bridgehead atoms. The molecule has 0 aliphatic rings. The Morgan fingerprint density at radius 2 is 1.90 bits per heavy atom. The van der Waals surface area contributed by atoms with E-state index in [2.05, 4.69) is 41.8 Å². The lowest BCUT2D eigenvalue weighted by molar-refractivity contribution is -0.120. The lowest BCUT2D eigenvalue weighted by Gasteiger charge is -2.19. The second kappa shape index (κ2) is 9.45. The van der Waals surface area contributed by atoms with Crippen LogP contribution < -0.4 is 10.1 Å². The van der Waals surface area contributed by atoms with E-state index in [0.29, 0.717) is 24.8 Å². The first-order chi connectivity index (χ1) is 14.8. The maximum Gasteiger partial charge on any atom is 0.222 e. The Balaban J connectivity index is 2.08. The molecular weight excluding hydrogens is 390 g/mol. The van der Waals surface area contributed by atoms with Gasteiger partial charge in [-0.15, -0.1) is 0 Å². The Labute approximate surface area is 184 Å². The van der Waals surface area contributed by atoms with Gasteiger partial charge in [0, 0.05) is 24.9 Å². The van der Waals surface area contributed by atoms with Gasteiger partial charge in [0.25, 0.3) is 0 Å². The van der Waals surface area contributed by atoms with Gasteiger partial charge in [-0.3, -0.25) is 4.79 Å². The van der Waals surface area contributed by atoms with E-state index in [4.69, 9.17) is 14.7 Å². The fourth-order valence-electron chi connectivity index (χ4n) is 3.72. The summed E-state index contributed by atoms with van der Waals surface area (Å²) in [7, 11) is 1.63. The van der Waals surface area contributed by atoms with E-state index in [9.17, 15) is 4.79 Å². The van der Waals surface area contributed by atoms with Gasteiger partial charge in [0.1, 0.15) is 5.52 Å². The summed E-state index contributed by atoms with van der Waals surface area (Å²) >= 11 is 0. The minimum absolute atomic E-state index is 0.0561. The van der Waals surface area contributed by atoms with Crippen LogP contribution in [0, 0.1) is 13.8 Å². The third-order valence-corrected chi connectivity index (χ3v) is 5.64. The van der Waals surface area contributed by atoms with E-state index in [1.807, 2.05) is 32.9 Å². The molecule has 0 saturated heterocycles. The Bertz CT molecular complexity index is 1090. The fourth-order valence-corrected chi connectivity index (χ4v) is 3.72. The Morgan fingerprint density at radius 1 is 1.16 bits per heavy atom. The summed E-state index contributed by atoms with van der Waals surface area (Å²) in [6.45, 7) is 12.8. The summed E-state index contributed by atoms with van der Waals surface area (Å²) in [6, 6.07) is 4.16. The third kappa shape index (κ3) is 4.55. The monoisotopic (exact) mass is 423 g/mol. The molecule has 166 valence electrons. The van der Waals surface area contributed by atoms with Crippen molar-refractivity contribution in [2.24, 2.45) is 0 Å². The summed E-state index contributed by atoms with van der Waals surface area (Å²) < 4.78 is 7.73. The smallest absolute Gasteiger partial charge is 0.222 e. The maximum absolute atomic E-state index is 11.7. The molecule has 3 rings (SSSR count). The Kier molecular flexibility index (Phi) is 6.93. The van der Waals surface area contributed by atoms with Gasteiger partial charge in [0.15, 0.2) is 5.65 Å². The largest absolute Gasteiger partial charge is 0.480 e. The van der Waals surface area contributed by atoms with Gasteiger partial charge < -0.3 is 14.6 Å². The van der Waals surface area contributed by atoms with Gasteiger partial charge in [-0.2, -0.15) is 0 Å². The summed E-state index contributed by atoms with van der Waals surface area (Å²) in [5.74, 6) is 0.933. The van der Waals surface area contributed by atoms with Crippen LogP contribution in [0.3, 0.4) is 0 Å². The quantitative estimate of drug-likeness (QED) is 0.567. The van der Waals surface area contributed by atoms with Crippen molar-refractivity contribution in [3.8, 4) is 17.1 Å². The highest BCUT2D eigenvalue weighted by Crippen LogP contribution is 2.33. The number of carbonyl (C=O) groups is 1. The van der Waals surface area contributed by atoms with Crippen LogP contribution in [-0.4, -0.2) is 39.1 Å². The van der Waals surface area contributed by atoms with Crippen LogP contribution in [0.15, 0.2) is 18.3 Å². The number of aromatic nitrogens is 4. The van der Waals surface area contributed by atoms with Gasteiger partial charge >= 0.3 is 0 Å². The molecule has 1 N–H and O–H groups in total. The topological polar surface area (TPSA) is 81.9 Å². The lowest BCUT2D eigenvalue weighted by Crippen LogP contribution is -2.29. The van der Waals surface area contributed by atoms with E-state index < -0.39 is 0 Å². The first-order valence-corrected chi connectivity index (χ1v) is 11.0. The first-order valence-electron chi connectivity index (χ1n) is 11.0. The zero-order valence-corrected chi connectivity index (χ0v) is 19.6. The predicted molar refractivity (Wildman–Crippen MR) is 124 cm³/mol. The van der Waals surface area contributed by atoms with Crippen LogP contribution in [0.2, 0.25) is 0 Å². The molecule has 0 fully saturated rings. The van der Waals surface area contributed by atoms with Gasteiger partial charge in [0.2, 0.25) is 11.8 Å². The van der Waals surface area contributed by atoms with E-state index in [1.54, 1.807) is 7.11 Å². The number of aryl methyl sites for hydroxylation is 2. The normalized spacial score (nSPS) is 12.4. The molecule has 1 atom stereocenters. The van der Waals surface area contributed by atoms with E-state index in [1.165, 1.54) is 0 Å². The summed E-state index contributed by atoms with van der Waals surface area (Å²) in [5, 5.41) is 3.00. The number of hydrogen-bond donors (Lipinski definition) is 1. The predicted octanol–water partition coefficient (Wildman–Crippen LogP) is 4.72. The lowest BCUT2D eigenvalue weighted by atomic mass is 10.1. The number of amides is 1. The van der Waals surface area contributed by atoms with Gasteiger partial charge in [-0.05, 0) is 43.9 Å². The first kappa shape index (κ1) is 22.7. The third-order valence-electron chi connectivity index (χ3n) is 5.64. The molecule has 3 heterocycles. The molecule has 1 amide bonds. The summed E-state index contributed by atoms with van der Waals surface area (Å²) in [4.78, 5) is 26.3. The Hall–Kier alpha value is -2.96. The molecule has 3 aromatic rings. The fraction of sp³-hybridized carbons (Fsp3) is 0.500. The van der Waals surface area contributed by atoms with E-state index >= 15 is 0 Å². The van der Waals surface area contributed by atoms with Crippen molar-refractivity contribution in [1.82, 2.24) is 24.8 Å².